The molecule has 0 unspecified atom stereocenters. The number of benzene rings is 1. The second kappa shape index (κ2) is 3.39. The van der Waals surface area contributed by atoms with Gasteiger partial charge in [0, 0.05) is 15.6 Å². The van der Waals surface area contributed by atoms with Gasteiger partial charge in [0.05, 0.1) is 5.52 Å². The highest BCUT2D eigenvalue weighted by molar-refractivity contribution is 9.10. The van der Waals surface area contributed by atoms with Gasteiger partial charge < -0.3 is 4.98 Å². The zero-order chi connectivity index (χ0) is 10.3. The van der Waals surface area contributed by atoms with Gasteiger partial charge in [-0.25, -0.2) is 4.39 Å². The highest BCUT2D eigenvalue weighted by Gasteiger charge is 2.10. The second-order valence-corrected chi connectivity index (χ2v) is 4.31. The Labute approximate surface area is 90.5 Å². The van der Waals surface area contributed by atoms with Crippen LogP contribution in [0.4, 0.5) is 4.39 Å². The predicted molar refractivity (Wildman–Crippen MR) is 60.1 cm³/mol. The molecule has 2 aromatic rings. The molecule has 0 saturated heterocycles. The Morgan fingerprint density at radius 3 is 2.79 bits per heavy atom. The van der Waals surface area contributed by atoms with Crippen molar-refractivity contribution in [3.63, 3.8) is 0 Å². The van der Waals surface area contributed by atoms with Crippen molar-refractivity contribution in [2.24, 2.45) is 0 Å². The minimum absolute atomic E-state index is 0.197. The van der Waals surface area contributed by atoms with Gasteiger partial charge in [-0.15, -0.1) is 0 Å². The first-order valence-corrected chi connectivity index (χ1v) is 5.39. The molecule has 1 heterocycles. The van der Waals surface area contributed by atoms with Gasteiger partial charge >= 0.3 is 0 Å². The van der Waals surface area contributed by atoms with Gasteiger partial charge in [0.1, 0.15) is 5.82 Å². The Kier molecular flexibility index (Phi) is 2.35. The number of fused-ring (bicyclic) bond motifs is 1. The van der Waals surface area contributed by atoms with Gasteiger partial charge in [-0.2, -0.15) is 0 Å². The summed E-state index contributed by atoms with van der Waals surface area (Å²) >= 11 is 3.29. The van der Waals surface area contributed by atoms with E-state index in [4.69, 9.17) is 0 Å². The molecule has 14 heavy (non-hydrogen) atoms. The molecule has 2 rings (SSSR count). The van der Waals surface area contributed by atoms with E-state index < -0.39 is 0 Å². The van der Waals surface area contributed by atoms with Gasteiger partial charge in [0.25, 0.3) is 0 Å². The molecule has 0 amide bonds. The fraction of sp³-hybridized carbons (Fsp3) is 0.273. The highest BCUT2D eigenvalue weighted by Crippen LogP contribution is 2.27. The Bertz CT molecular complexity index is 487. The number of hydrogen-bond acceptors (Lipinski definition) is 0. The molecule has 0 aliphatic carbocycles. The van der Waals surface area contributed by atoms with Crippen molar-refractivity contribution < 1.29 is 4.39 Å². The van der Waals surface area contributed by atoms with Crippen molar-refractivity contribution in [3.8, 4) is 0 Å². The summed E-state index contributed by atoms with van der Waals surface area (Å²) in [5.41, 5.74) is 2.86. The van der Waals surface area contributed by atoms with Crippen molar-refractivity contribution >= 4 is 26.8 Å². The van der Waals surface area contributed by atoms with Gasteiger partial charge in [-0.05, 0) is 31.0 Å². The van der Waals surface area contributed by atoms with Gasteiger partial charge in [-0.1, -0.05) is 22.9 Å². The van der Waals surface area contributed by atoms with E-state index >= 15 is 0 Å². The molecule has 1 aromatic heterocycles. The van der Waals surface area contributed by atoms with E-state index in [1.54, 1.807) is 0 Å². The zero-order valence-electron chi connectivity index (χ0n) is 8.12. The summed E-state index contributed by atoms with van der Waals surface area (Å²) in [4.78, 5) is 3.11. The monoisotopic (exact) mass is 255 g/mol. The minimum Gasteiger partial charge on any atom is -0.356 e. The second-order valence-electron chi connectivity index (χ2n) is 3.39. The summed E-state index contributed by atoms with van der Waals surface area (Å²) in [7, 11) is 0. The third-order valence-electron chi connectivity index (χ3n) is 2.54. The maximum Gasteiger partial charge on any atom is 0.148 e. The average Bonchev–Trinajstić information content (AvgIpc) is 2.44. The third-order valence-corrected chi connectivity index (χ3v) is 3.00. The molecule has 1 N–H and O–H groups in total. The standard InChI is InChI=1S/C11H11BrFN/c1-3-10-6(2)8-4-7(12)5-9(13)11(8)14-10/h4-5,14H,3H2,1-2H3. The molecule has 0 bridgehead atoms. The van der Waals surface area contributed by atoms with Gasteiger partial charge in [-0.3, -0.25) is 0 Å². The number of H-pyrrole nitrogens is 1. The summed E-state index contributed by atoms with van der Waals surface area (Å²) in [6, 6.07) is 3.43. The molecule has 1 aromatic carbocycles. The molecule has 0 spiro atoms. The van der Waals surface area contributed by atoms with Crippen molar-refractivity contribution in [2.45, 2.75) is 20.3 Å². The molecule has 0 radical (unpaired) electrons. The first-order chi connectivity index (χ1) is 6.63. The lowest BCUT2D eigenvalue weighted by atomic mass is 10.1. The third kappa shape index (κ3) is 1.36. The Balaban J connectivity index is 2.85. The molecule has 3 heteroatoms. The maximum atomic E-state index is 13.5. The van der Waals surface area contributed by atoms with Crippen molar-refractivity contribution in [1.82, 2.24) is 4.98 Å². The lowest BCUT2D eigenvalue weighted by Crippen LogP contribution is -1.81. The van der Waals surface area contributed by atoms with Crippen LogP contribution in [0.2, 0.25) is 0 Å². The molecule has 0 saturated carbocycles. The van der Waals surface area contributed by atoms with E-state index in [9.17, 15) is 4.39 Å². The van der Waals surface area contributed by atoms with Gasteiger partial charge in [0.15, 0.2) is 0 Å². The highest BCUT2D eigenvalue weighted by atomic mass is 79.9. The predicted octanol–water partition coefficient (Wildman–Crippen LogP) is 3.94. The van der Waals surface area contributed by atoms with Gasteiger partial charge in [0.2, 0.25) is 0 Å². The number of nitrogens with one attached hydrogen (secondary N) is 1. The molecule has 0 aliphatic heterocycles. The van der Waals surface area contributed by atoms with Crippen LogP contribution >= 0.6 is 15.9 Å². The van der Waals surface area contributed by atoms with E-state index in [1.165, 1.54) is 6.07 Å². The molecule has 74 valence electrons. The van der Waals surface area contributed by atoms with E-state index in [-0.39, 0.29) is 5.82 Å². The van der Waals surface area contributed by atoms with Crippen LogP contribution in [0.25, 0.3) is 10.9 Å². The number of rotatable bonds is 1. The topological polar surface area (TPSA) is 15.8 Å². The fourth-order valence-corrected chi connectivity index (χ4v) is 2.19. The van der Waals surface area contributed by atoms with Crippen molar-refractivity contribution in [3.05, 3.63) is 33.7 Å². The first kappa shape index (κ1) is 9.71. The summed E-state index contributed by atoms with van der Waals surface area (Å²) in [5, 5.41) is 0.966. The number of aromatic nitrogens is 1. The van der Waals surface area contributed by atoms with Crippen LogP contribution in [0.3, 0.4) is 0 Å². The van der Waals surface area contributed by atoms with Crippen molar-refractivity contribution in [1.29, 1.82) is 0 Å². The lowest BCUT2D eigenvalue weighted by molar-refractivity contribution is 0.636. The van der Waals surface area contributed by atoms with Crippen LogP contribution in [0.5, 0.6) is 0 Å². The molecule has 1 nitrogen and oxygen atoms in total. The van der Waals surface area contributed by atoms with Crippen LogP contribution < -0.4 is 0 Å². The number of aromatic amines is 1. The maximum absolute atomic E-state index is 13.5. The largest absolute Gasteiger partial charge is 0.356 e. The van der Waals surface area contributed by atoms with E-state index in [1.807, 2.05) is 13.0 Å². The van der Waals surface area contributed by atoms with E-state index in [0.717, 1.165) is 27.5 Å². The van der Waals surface area contributed by atoms with Crippen LogP contribution in [-0.2, 0) is 6.42 Å². The lowest BCUT2D eigenvalue weighted by Gasteiger charge is -1.95. The molecular formula is C11H11BrFN. The SMILES string of the molecule is CCc1[nH]c2c(F)cc(Br)cc2c1C. The molecular weight excluding hydrogens is 245 g/mol. The minimum atomic E-state index is -0.197. The molecule has 0 atom stereocenters. The van der Waals surface area contributed by atoms with E-state index in [2.05, 4.69) is 27.8 Å². The van der Waals surface area contributed by atoms with Crippen LogP contribution in [0.1, 0.15) is 18.2 Å². The summed E-state index contributed by atoms with van der Waals surface area (Å²) in [6.07, 6.45) is 0.900. The summed E-state index contributed by atoms with van der Waals surface area (Å²) in [5.74, 6) is -0.197. The Morgan fingerprint density at radius 1 is 1.43 bits per heavy atom. The fourth-order valence-electron chi connectivity index (χ4n) is 1.76. The number of aryl methyl sites for hydroxylation is 2. The van der Waals surface area contributed by atoms with Crippen molar-refractivity contribution in [2.75, 3.05) is 0 Å². The quantitative estimate of drug-likeness (QED) is 0.795. The summed E-state index contributed by atoms with van der Waals surface area (Å²) < 4.78 is 14.3. The smallest absolute Gasteiger partial charge is 0.148 e. The molecule has 0 fully saturated rings. The first-order valence-electron chi connectivity index (χ1n) is 4.59. The zero-order valence-corrected chi connectivity index (χ0v) is 9.70. The number of halogens is 2. The van der Waals surface area contributed by atoms with Crippen LogP contribution in [0.15, 0.2) is 16.6 Å². The van der Waals surface area contributed by atoms with Crippen LogP contribution in [0, 0.1) is 12.7 Å². The van der Waals surface area contributed by atoms with Crippen LogP contribution in [-0.4, -0.2) is 4.98 Å². The molecule has 0 aliphatic rings. The number of hydrogen-bond donors (Lipinski definition) is 1. The summed E-state index contributed by atoms with van der Waals surface area (Å²) in [6.45, 7) is 4.08. The normalized spacial score (nSPS) is 11.1. The average molecular weight is 256 g/mol. The Hall–Kier alpha value is -0.830. The Morgan fingerprint density at radius 2 is 2.14 bits per heavy atom. The van der Waals surface area contributed by atoms with E-state index in [0.29, 0.717) is 5.52 Å².